The molecule has 1 fully saturated rings. The average molecular weight is 333 g/mol. The van der Waals surface area contributed by atoms with Gasteiger partial charge in [-0.05, 0) is 31.2 Å². The molecule has 0 spiro atoms. The Morgan fingerprint density at radius 3 is 2.58 bits per heavy atom. The molecule has 6 nitrogen and oxygen atoms in total. The van der Waals surface area contributed by atoms with Gasteiger partial charge in [-0.15, -0.1) is 0 Å². The first-order valence-electron chi connectivity index (χ1n) is 8.60. The van der Waals surface area contributed by atoms with Crippen molar-refractivity contribution in [2.45, 2.75) is 26.2 Å². The van der Waals surface area contributed by atoms with Gasteiger partial charge in [0.15, 0.2) is 0 Å². The van der Waals surface area contributed by atoms with Crippen LogP contribution in [0.2, 0.25) is 0 Å². The largest absolute Gasteiger partial charge is 0.465 e. The molecule has 0 atom stereocenters. The second-order valence-corrected chi connectivity index (χ2v) is 6.04. The van der Waals surface area contributed by atoms with E-state index < -0.39 is 5.97 Å². The highest BCUT2D eigenvalue weighted by Crippen LogP contribution is 2.13. The zero-order valence-corrected chi connectivity index (χ0v) is 14.6. The Bertz CT molecular complexity index is 554. The highest BCUT2D eigenvalue weighted by molar-refractivity contribution is 5.93. The minimum absolute atomic E-state index is 0.120. The summed E-state index contributed by atoms with van der Waals surface area (Å²) in [5.74, 6) is -0.410. The van der Waals surface area contributed by atoms with E-state index in [4.69, 9.17) is 4.74 Å². The first-order valence-corrected chi connectivity index (χ1v) is 8.60. The van der Waals surface area contributed by atoms with Crippen molar-refractivity contribution in [1.29, 1.82) is 0 Å². The van der Waals surface area contributed by atoms with Gasteiger partial charge in [0.05, 0.1) is 12.7 Å². The number of rotatable bonds is 6. The minimum atomic E-state index is -0.410. The predicted molar refractivity (Wildman–Crippen MR) is 94.3 cm³/mol. The summed E-state index contributed by atoms with van der Waals surface area (Å²) in [6.45, 7) is 6.61. The number of urea groups is 1. The van der Waals surface area contributed by atoms with Crippen molar-refractivity contribution in [3.8, 4) is 0 Å². The normalized spacial score (nSPS) is 15.2. The molecular formula is C18H27N3O3. The van der Waals surface area contributed by atoms with Crippen molar-refractivity contribution in [3.05, 3.63) is 29.8 Å². The van der Waals surface area contributed by atoms with Crippen LogP contribution in [-0.2, 0) is 4.74 Å². The Labute approximate surface area is 143 Å². The van der Waals surface area contributed by atoms with Crippen LogP contribution in [0.25, 0.3) is 0 Å². The summed E-state index contributed by atoms with van der Waals surface area (Å²) in [6, 6.07) is 6.67. The minimum Gasteiger partial charge on any atom is -0.465 e. The standard InChI is InChI=1S/C18H27N3O3/c1-3-4-5-9-20-10-12-21(13-11-20)18(23)19-16-8-6-7-15(14-16)17(22)24-2/h6-8,14H,3-5,9-13H2,1-2H3,(H,19,23). The van der Waals surface area contributed by atoms with Crippen LogP contribution in [0.1, 0.15) is 36.5 Å². The summed E-state index contributed by atoms with van der Waals surface area (Å²) >= 11 is 0. The fourth-order valence-electron chi connectivity index (χ4n) is 2.80. The first kappa shape index (κ1) is 18.3. The van der Waals surface area contributed by atoms with Gasteiger partial charge in [-0.3, -0.25) is 4.90 Å². The Kier molecular flexibility index (Phi) is 7.06. The van der Waals surface area contributed by atoms with Crippen molar-refractivity contribution in [1.82, 2.24) is 9.80 Å². The highest BCUT2D eigenvalue weighted by Gasteiger charge is 2.21. The van der Waals surface area contributed by atoms with E-state index in [1.807, 2.05) is 4.90 Å². The molecule has 0 saturated carbocycles. The molecule has 6 heteroatoms. The van der Waals surface area contributed by atoms with Crippen LogP contribution in [0.4, 0.5) is 10.5 Å². The lowest BCUT2D eigenvalue weighted by molar-refractivity contribution is 0.0600. The van der Waals surface area contributed by atoms with Gasteiger partial charge in [-0.2, -0.15) is 0 Å². The molecule has 1 heterocycles. The van der Waals surface area contributed by atoms with Crippen molar-refractivity contribution in [2.24, 2.45) is 0 Å². The van der Waals surface area contributed by atoms with E-state index in [2.05, 4.69) is 17.1 Å². The van der Waals surface area contributed by atoms with Crippen LogP contribution in [0.3, 0.4) is 0 Å². The number of hydrogen-bond donors (Lipinski definition) is 1. The zero-order chi connectivity index (χ0) is 17.4. The number of nitrogens with zero attached hydrogens (tertiary/aromatic N) is 2. The van der Waals surface area contributed by atoms with Gasteiger partial charge in [0.1, 0.15) is 0 Å². The van der Waals surface area contributed by atoms with Gasteiger partial charge in [0.25, 0.3) is 0 Å². The monoisotopic (exact) mass is 333 g/mol. The summed E-state index contributed by atoms with van der Waals surface area (Å²) < 4.78 is 4.70. The van der Waals surface area contributed by atoms with Crippen LogP contribution in [0.15, 0.2) is 24.3 Å². The van der Waals surface area contributed by atoms with Gasteiger partial charge < -0.3 is 15.0 Å². The molecule has 0 aliphatic carbocycles. The SMILES string of the molecule is CCCCCN1CCN(C(=O)Nc2cccc(C(=O)OC)c2)CC1. The third-order valence-electron chi connectivity index (χ3n) is 4.27. The van der Waals surface area contributed by atoms with Gasteiger partial charge in [0.2, 0.25) is 0 Å². The molecule has 1 N–H and O–H groups in total. The van der Waals surface area contributed by atoms with E-state index in [0.717, 1.165) is 32.7 Å². The second kappa shape index (κ2) is 9.27. The number of hydrogen-bond acceptors (Lipinski definition) is 4. The van der Waals surface area contributed by atoms with Crippen LogP contribution in [0.5, 0.6) is 0 Å². The fraction of sp³-hybridized carbons (Fsp3) is 0.556. The van der Waals surface area contributed by atoms with Crippen molar-refractivity contribution in [3.63, 3.8) is 0 Å². The van der Waals surface area contributed by atoms with Crippen molar-refractivity contribution in [2.75, 3.05) is 45.2 Å². The molecule has 1 aromatic rings. The Morgan fingerprint density at radius 2 is 1.92 bits per heavy atom. The maximum atomic E-state index is 12.4. The lowest BCUT2D eigenvalue weighted by atomic mass is 10.2. The van der Waals surface area contributed by atoms with Gasteiger partial charge >= 0.3 is 12.0 Å². The lowest BCUT2D eigenvalue weighted by Crippen LogP contribution is -2.50. The molecule has 2 rings (SSSR count). The number of amides is 2. The van der Waals surface area contributed by atoms with E-state index >= 15 is 0 Å². The predicted octanol–water partition coefficient (Wildman–Crippen LogP) is 2.81. The molecule has 24 heavy (non-hydrogen) atoms. The maximum absolute atomic E-state index is 12.4. The molecule has 1 aromatic carbocycles. The number of carbonyl (C=O) groups excluding carboxylic acids is 2. The summed E-state index contributed by atoms with van der Waals surface area (Å²) in [6.07, 6.45) is 3.72. The maximum Gasteiger partial charge on any atom is 0.337 e. The highest BCUT2D eigenvalue weighted by atomic mass is 16.5. The van der Waals surface area contributed by atoms with Crippen molar-refractivity contribution >= 4 is 17.7 Å². The molecular weight excluding hydrogens is 306 g/mol. The Balaban J connectivity index is 1.82. The molecule has 1 saturated heterocycles. The Morgan fingerprint density at radius 1 is 1.17 bits per heavy atom. The molecule has 0 bridgehead atoms. The van der Waals surface area contributed by atoms with Crippen LogP contribution in [0, 0.1) is 0 Å². The third kappa shape index (κ3) is 5.23. The number of benzene rings is 1. The quantitative estimate of drug-likeness (QED) is 0.642. The molecule has 0 unspecified atom stereocenters. The van der Waals surface area contributed by atoms with Crippen LogP contribution in [-0.4, -0.2) is 61.6 Å². The summed E-state index contributed by atoms with van der Waals surface area (Å²) in [4.78, 5) is 28.1. The topological polar surface area (TPSA) is 61.9 Å². The fourth-order valence-corrected chi connectivity index (χ4v) is 2.80. The molecule has 2 amide bonds. The van der Waals surface area contributed by atoms with E-state index in [1.165, 1.54) is 26.4 Å². The number of esters is 1. The lowest BCUT2D eigenvalue weighted by Gasteiger charge is -2.34. The number of carbonyl (C=O) groups is 2. The van der Waals surface area contributed by atoms with Crippen molar-refractivity contribution < 1.29 is 14.3 Å². The summed E-state index contributed by atoms with van der Waals surface area (Å²) in [5.41, 5.74) is 1.03. The van der Waals surface area contributed by atoms with Crippen LogP contribution >= 0.6 is 0 Å². The number of anilines is 1. The number of nitrogens with one attached hydrogen (secondary N) is 1. The van der Waals surface area contributed by atoms with E-state index in [1.54, 1.807) is 24.3 Å². The molecule has 1 aliphatic heterocycles. The number of piperazine rings is 1. The van der Waals surface area contributed by atoms with Crippen LogP contribution < -0.4 is 5.32 Å². The average Bonchev–Trinajstić information content (AvgIpc) is 2.62. The van der Waals surface area contributed by atoms with E-state index in [9.17, 15) is 9.59 Å². The van der Waals surface area contributed by atoms with Gasteiger partial charge in [-0.1, -0.05) is 25.8 Å². The molecule has 0 aromatic heterocycles. The smallest absolute Gasteiger partial charge is 0.337 e. The zero-order valence-electron chi connectivity index (χ0n) is 14.6. The first-order chi connectivity index (χ1) is 11.6. The Hall–Kier alpha value is -2.08. The molecule has 132 valence electrons. The molecule has 0 radical (unpaired) electrons. The van der Waals surface area contributed by atoms with Gasteiger partial charge in [0, 0.05) is 31.9 Å². The second-order valence-electron chi connectivity index (χ2n) is 6.04. The molecule has 1 aliphatic rings. The van der Waals surface area contributed by atoms with E-state index in [0.29, 0.717) is 11.3 Å². The van der Waals surface area contributed by atoms with Gasteiger partial charge in [-0.25, -0.2) is 9.59 Å². The van der Waals surface area contributed by atoms with E-state index in [-0.39, 0.29) is 6.03 Å². The summed E-state index contributed by atoms with van der Waals surface area (Å²) in [5, 5.41) is 2.86. The number of unbranched alkanes of at least 4 members (excludes halogenated alkanes) is 2. The number of methoxy groups -OCH3 is 1. The summed E-state index contributed by atoms with van der Waals surface area (Å²) in [7, 11) is 1.34. The third-order valence-corrected chi connectivity index (χ3v) is 4.27. The number of ether oxygens (including phenoxy) is 1.